The summed E-state index contributed by atoms with van der Waals surface area (Å²) >= 11 is 0. The molecule has 1 atom stereocenters. The Morgan fingerprint density at radius 2 is 1.35 bits per heavy atom. The topological polar surface area (TPSA) is 18.5 Å². The summed E-state index contributed by atoms with van der Waals surface area (Å²) in [6, 6.07) is 0. The molecule has 0 aromatic heterocycles. The molecule has 0 bridgehead atoms. The maximum atomic E-state index is 5.52. The fourth-order valence-electron chi connectivity index (χ4n) is 1.83. The quantitative estimate of drug-likeness (QED) is 0.442. The molecule has 0 amide bonds. The van der Waals surface area contributed by atoms with Crippen molar-refractivity contribution in [3.8, 4) is 0 Å². The maximum absolute atomic E-state index is 5.52. The number of hydrogen-bond acceptors (Lipinski definition) is 2. The van der Waals surface area contributed by atoms with E-state index in [1.807, 2.05) is 6.92 Å². The van der Waals surface area contributed by atoms with Crippen LogP contribution in [0.1, 0.15) is 71.6 Å². The lowest BCUT2D eigenvalue weighted by atomic mass is 10.1. The highest BCUT2D eigenvalue weighted by molar-refractivity contribution is 4.48. The van der Waals surface area contributed by atoms with E-state index in [1.54, 1.807) is 7.11 Å². The molecular formula is C15H32O2. The Morgan fingerprint density at radius 3 is 1.88 bits per heavy atom. The van der Waals surface area contributed by atoms with Gasteiger partial charge in [0.25, 0.3) is 0 Å². The molecule has 0 saturated carbocycles. The fourth-order valence-corrected chi connectivity index (χ4v) is 1.83. The molecule has 0 aromatic rings. The van der Waals surface area contributed by atoms with Crippen LogP contribution in [0.5, 0.6) is 0 Å². The Kier molecular flexibility index (Phi) is 13.9. The van der Waals surface area contributed by atoms with Crippen LogP contribution in [0, 0.1) is 0 Å². The van der Waals surface area contributed by atoms with Gasteiger partial charge in [0.15, 0.2) is 0 Å². The Hall–Kier alpha value is -0.0800. The number of ether oxygens (including phenoxy) is 2. The third-order valence-corrected chi connectivity index (χ3v) is 3.15. The van der Waals surface area contributed by atoms with Gasteiger partial charge in [-0.05, 0) is 13.3 Å². The van der Waals surface area contributed by atoms with Gasteiger partial charge in [-0.25, -0.2) is 0 Å². The van der Waals surface area contributed by atoms with Crippen LogP contribution >= 0.6 is 0 Å². The monoisotopic (exact) mass is 244 g/mol. The van der Waals surface area contributed by atoms with E-state index in [1.165, 1.54) is 57.8 Å². The predicted octanol–water partition coefficient (Wildman–Crippen LogP) is 4.57. The van der Waals surface area contributed by atoms with E-state index in [2.05, 4.69) is 6.92 Å². The van der Waals surface area contributed by atoms with E-state index < -0.39 is 0 Å². The van der Waals surface area contributed by atoms with Gasteiger partial charge < -0.3 is 9.47 Å². The molecule has 0 spiro atoms. The second-order valence-electron chi connectivity index (χ2n) is 4.95. The normalized spacial score (nSPS) is 12.9. The van der Waals surface area contributed by atoms with Crippen molar-refractivity contribution in [2.45, 2.75) is 77.7 Å². The first-order valence-electron chi connectivity index (χ1n) is 7.41. The molecule has 0 radical (unpaired) electrons. The van der Waals surface area contributed by atoms with E-state index in [0.29, 0.717) is 0 Å². The van der Waals surface area contributed by atoms with E-state index >= 15 is 0 Å². The zero-order valence-electron chi connectivity index (χ0n) is 12.2. The van der Waals surface area contributed by atoms with Crippen molar-refractivity contribution >= 4 is 0 Å². The van der Waals surface area contributed by atoms with Crippen molar-refractivity contribution in [2.75, 3.05) is 20.3 Å². The Balaban J connectivity index is 2.94. The third kappa shape index (κ3) is 13.9. The van der Waals surface area contributed by atoms with Gasteiger partial charge in [0, 0.05) is 13.7 Å². The average molecular weight is 244 g/mol. The lowest BCUT2D eigenvalue weighted by Crippen LogP contribution is -2.14. The first-order chi connectivity index (χ1) is 8.31. The summed E-state index contributed by atoms with van der Waals surface area (Å²) in [5.74, 6) is 0. The minimum absolute atomic E-state index is 0.230. The molecule has 17 heavy (non-hydrogen) atoms. The molecule has 2 heteroatoms. The van der Waals surface area contributed by atoms with Crippen molar-refractivity contribution in [3.63, 3.8) is 0 Å². The number of hydrogen-bond donors (Lipinski definition) is 0. The minimum Gasteiger partial charge on any atom is -0.379 e. The van der Waals surface area contributed by atoms with Gasteiger partial charge in [0.2, 0.25) is 0 Å². The van der Waals surface area contributed by atoms with E-state index in [0.717, 1.165) is 13.2 Å². The van der Waals surface area contributed by atoms with Crippen LogP contribution in [0.15, 0.2) is 0 Å². The maximum Gasteiger partial charge on any atom is 0.0776 e. The molecule has 0 aliphatic rings. The second kappa shape index (κ2) is 14.0. The fraction of sp³-hybridized carbons (Fsp3) is 1.00. The first-order valence-corrected chi connectivity index (χ1v) is 7.41. The zero-order chi connectivity index (χ0) is 12.8. The van der Waals surface area contributed by atoms with E-state index in [4.69, 9.17) is 9.47 Å². The van der Waals surface area contributed by atoms with Crippen molar-refractivity contribution in [1.29, 1.82) is 0 Å². The summed E-state index contributed by atoms with van der Waals surface area (Å²) in [4.78, 5) is 0. The molecule has 0 saturated heterocycles. The zero-order valence-corrected chi connectivity index (χ0v) is 12.2. The van der Waals surface area contributed by atoms with Crippen LogP contribution in [0.3, 0.4) is 0 Å². The molecule has 0 heterocycles. The number of rotatable bonds is 13. The summed E-state index contributed by atoms with van der Waals surface area (Å²) in [5, 5.41) is 0. The molecule has 0 rings (SSSR count). The summed E-state index contributed by atoms with van der Waals surface area (Å²) < 4.78 is 10.6. The molecule has 104 valence electrons. The molecule has 0 aliphatic heterocycles. The van der Waals surface area contributed by atoms with Crippen LogP contribution in [-0.4, -0.2) is 26.4 Å². The molecule has 0 aliphatic carbocycles. The van der Waals surface area contributed by atoms with Gasteiger partial charge in [0.05, 0.1) is 12.7 Å². The van der Waals surface area contributed by atoms with Crippen LogP contribution in [0.4, 0.5) is 0 Å². The first kappa shape index (κ1) is 16.9. The third-order valence-electron chi connectivity index (χ3n) is 3.15. The summed E-state index contributed by atoms with van der Waals surface area (Å²) in [5.41, 5.74) is 0. The van der Waals surface area contributed by atoms with Crippen LogP contribution < -0.4 is 0 Å². The van der Waals surface area contributed by atoms with Gasteiger partial charge in [-0.2, -0.15) is 0 Å². The highest BCUT2D eigenvalue weighted by Crippen LogP contribution is 2.09. The highest BCUT2D eigenvalue weighted by atomic mass is 16.5. The van der Waals surface area contributed by atoms with Crippen molar-refractivity contribution < 1.29 is 9.47 Å². The molecule has 0 fully saturated rings. The van der Waals surface area contributed by atoms with Gasteiger partial charge in [0.1, 0.15) is 0 Å². The molecule has 2 nitrogen and oxygen atoms in total. The summed E-state index contributed by atoms with van der Waals surface area (Å²) in [6.45, 7) is 5.93. The SMILES string of the molecule is CCCCCCCCCCCOCC(C)OC. The molecule has 1 unspecified atom stereocenters. The number of methoxy groups -OCH3 is 1. The lowest BCUT2D eigenvalue weighted by molar-refractivity contribution is 0.0174. The largest absolute Gasteiger partial charge is 0.379 e. The smallest absolute Gasteiger partial charge is 0.0776 e. The summed E-state index contributed by atoms with van der Waals surface area (Å²) in [6.07, 6.45) is 12.5. The highest BCUT2D eigenvalue weighted by Gasteiger charge is 1.98. The van der Waals surface area contributed by atoms with Gasteiger partial charge in [-0.1, -0.05) is 58.3 Å². The molecule has 0 aromatic carbocycles. The van der Waals surface area contributed by atoms with Crippen LogP contribution in [0.2, 0.25) is 0 Å². The van der Waals surface area contributed by atoms with Gasteiger partial charge in [-0.15, -0.1) is 0 Å². The second-order valence-corrected chi connectivity index (χ2v) is 4.95. The average Bonchev–Trinajstić information content (AvgIpc) is 2.35. The predicted molar refractivity (Wildman–Crippen MR) is 74.5 cm³/mol. The Bertz CT molecular complexity index is 137. The van der Waals surface area contributed by atoms with Crippen LogP contribution in [-0.2, 0) is 9.47 Å². The molecular weight excluding hydrogens is 212 g/mol. The molecule has 0 N–H and O–H groups in total. The summed E-state index contributed by atoms with van der Waals surface area (Å²) in [7, 11) is 1.73. The minimum atomic E-state index is 0.230. The van der Waals surface area contributed by atoms with E-state index in [9.17, 15) is 0 Å². The van der Waals surface area contributed by atoms with Gasteiger partial charge >= 0.3 is 0 Å². The van der Waals surface area contributed by atoms with E-state index in [-0.39, 0.29) is 6.10 Å². The van der Waals surface area contributed by atoms with Gasteiger partial charge in [-0.3, -0.25) is 0 Å². The van der Waals surface area contributed by atoms with Crippen molar-refractivity contribution in [1.82, 2.24) is 0 Å². The number of unbranched alkanes of at least 4 members (excludes halogenated alkanes) is 8. The lowest BCUT2D eigenvalue weighted by Gasteiger charge is -2.09. The van der Waals surface area contributed by atoms with Crippen LogP contribution in [0.25, 0.3) is 0 Å². The Labute approximate surface area is 108 Å². The van der Waals surface area contributed by atoms with Crippen molar-refractivity contribution in [3.05, 3.63) is 0 Å². The Morgan fingerprint density at radius 1 is 0.824 bits per heavy atom. The standard InChI is InChI=1S/C15H32O2/c1-4-5-6-7-8-9-10-11-12-13-17-14-15(2)16-3/h15H,4-14H2,1-3H3. The van der Waals surface area contributed by atoms with Crippen molar-refractivity contribution in [2.24, 2.45) is 0 Å².